The first kappa shape index (κ1) is 26.6. The second kappa shape index (κ2) is 10.9. The first-order valence-corrected chi connectivity index (χ1v) is 12.0. The van der Waals surface area contributed by atoms with Crippen LogP contribution in [0.25, 0.3) is 22.3 Å². The number of benzene rings is 4. The van der Waals surface area contributed by atoms with Gasteiger partial charge in [0.15, 0.2) is 0 Å². The Morgan fingerprint density at radius 2 is 1.57 bits per heavy atom. The summed E-state index contributed by atoms with van der Waals surface area (Å²) in [5.41, 5.74) is 4.66. The van der Waals surface area contributed by atoms with Gasteiger partial charge in [0, 0.05) is 22.8 Å². The van der Waals surface area contributed by atoms with E-state index in [2.05, 4.69) is 5.32 Å². The predicted octanol–water partition coefficient (Wildman–Crippen LogP) is 9.05. The molecule has 0 saturated heterocycles. The van der Waals surface area contributed by atoms with Gasteiger partial charge in [-0.15, -0.1) is 0 Å². The van der Waals surface area contributed by atoms with Gasteiger partial charge in [0.1, 0.15) is 0 Å². The molecule has 4 rings (SSSR count). The van der Waals surface area contributed by atoms with Crippen LogP contribution in [-0.4, -0.2) is 13.1 Å². The number of esters is 1. The van der Waals surface area contributed by atoms with Gasteiger partial charge in [0.05, 0.1) is 23.3 Å². The highest BCUT2D eigenvalue weighted by molar-refractivity contribution is 6.34. The van der Waals surface area contributed by atoms with Crippen molar-refractivity contribution < 1.29 is 22.7 Å². The van der Waals surface area contributed by atoms with Crippen LogP contribution in [0.1, 0.15) is 27.0 Å². The van der Waals surface area contributed by atoms with Crippen molar-refractivity contribution in [3.63, 3.8) is 0 Å². The van der Waals surface area contributed by atoms with Gasteiger partial charge in [-0.3, -0.25) is 0 Å². The fourth-order valence-electron chi connectivity index (χ4n) is 4.05. The minimum atomic E-state index is -4.49. The Labute approximate surface area is 222 Å². The van der Waals surface area contributed by atoms with E-state index in [0.29, 0.717) is 38.0 Å². The lowest BCUT2D eigenvalue weighted by molar-refractivity contribution is -0.137. The van der Waals surface area contributed by atoms with E-state index in [1.54, 1.807) is 24.3 Å². The molecule has 0 atom stereocenters. The number of carbonyl (C=O) groups is 1. The molecule has 8 heteroatoms. The first-order valence-electron chi connectivity index (χ1n) is 11.3. The van der Waals surface area contributed by atoms with Crippen molar-refractivity contribution in [1.29, 1.82) is 0 Å². The normalized spacial score (nSPS) is 11.3. The van der Waals surface area contributed by atoms with Crippen molar-refractivity contribution in [3.05, 3.63) is 111 Å². The topological polar surface area (TPSA) is 38.3 Å². The number of rotatable bonds is 6. The van der Waals surface area contributed by atoms with E-state index in [9.17, 15) is 18.0 Å². The number of aryl methyl sites for hydroxylation is 1. The molecule has 4 aromatic rings. The Morgan fingerprint density at radius 3 is 2.19 bits per heavy atom. The lowest BCUT2D eigenvalue weighted by Gasteiger charge is -2.16. The summed E-state index contributed by atoms with van der Waals surface area (Å²) in [4.78, 5) is 11.8. The SMILES string of the molecule is COC(=O)c1ccc(-c2cc(C(F)(F)F)ccc2CNc2ccc(-c3ccc(Cl)cc3C)c(Cl)c2)cc1. The van der Waals surface area contributed by atoms with Crippen LogP contribution in [0.4, 0.5) is 18.9 Å². The fourth-order valence-corrected chi connectivity index (χ4v) is 4.56. The van der Waals surface area contributed by atoms with Crippen LogP contribution < -0.4 is 5.32 Å². The van der Waals surface area contributed by atoms with Crippen molar-refractivity contribution in [1.82, 2.24) is 0 Å². The van der Waals surface area contributed by atoms with Crippen molar-refractivity contribution >= 4 is 34.9 Å². The Morgan fingerprint density at radius 1 is 0.865 bits per heavy atom. The number of anilines is 1. The maximum absolute atomic E-state index is 13.5. The molecule has 0 aliphatic rings. The molecule has 0 fully saturated rings. The Kier molecular flexibility index (Phi) is 7.81. The van der Waals surface area contributed by atoms with E-state index in [1.807, 2.05) is 31.2 Å². The number of alkyl halides is 3. The van der Waals surface area contributed by atoms with Gasteiger partial charge in [-0.25, -0.2) is 4.79 Å². The van der Waals surface area contributed by atoms with Gasteiger partial charge in [0.2, 0.25) is 0 Å². The Balaban J connectivity index is 1.62. The number of nitrogens with one attached hydrogen (secondary N) is 1. The Hall–Kier alpha value is -3.48. The van der Waals surface area contributed by atoms with E-state index in [1.165, 1.54) is 25.3 Å². The highest BCUT2D eigenvalue weighted by Gasteiger charge is 2.31. The van der Waals surface area contributed by atoms with Crippen LogP contribution >= 0.6 is 23.2 Å². The van der Waals surface area contributed by atoms with Crippen LogP contribution in [0.3, 0.4) is 0 Å². The third kappa shape index (κ3) is 6.09. The van der Waals surface area contributed by atoms with E-state index in [-0.39, 0.29) is 6.54 Å². The fraction of sp³-hybridized carbons (Fsp3) is 0.138. The second-order valence-corrected chi connectivity index (χ2v) is 9.29. The van der Waals surface area contributed by atoms with Crippen LogP contribution in [0.2, 0.25) is 10.0 Å². The highest BCUT2D eigenvalue weighted by Crippen LogP contribution is 2.36. The van der Waals surface area contributed by atoms with Gasteiger partial charge in [-0.2, -0.15) is 13.2 Å². The number of ether oxygens (including phenoxy) is 1. The predicted molar refractivity (Wildman–Crippen MR) is 142 cm³/mol. The maximum Gasteiger partial charge on any atom is 0.416 e. The zero-order chi connectivity index (χ0) is 26.7. The molecule has 0 aromatic heterocycles. The van der Waals surface area contributed by atoms with Crippen molar-refractivity contribution in [2.24, 2.45) is 0 Å². The van der Waals surface area contributed by atoms with Crippen molar-refractivity contribution in [2.75, 3.05) is 12.4 Å². The lowest BCUT2D eigenvalue weighted by atomic mass is 9.96. The average molecular weight is 544 g/mol. The molecule has 0 aliphatic heterocycles. The first-order chi connectivity index (χ1) is 17.6. The molecule has 0 radical (unpaired) electrons. The van der Waals surface area contributed by atoms with Gasteiger partial charge in [-0.1, -0.05) is 53.5 Å². The van der Waals surface area contributed by atoms with Gasteiger partial charge in [-0.05, 0) is 83.3 Å². The minimum absolute atomic E-state index is 0.252. The molecular formula is C29H22Cl2F3NO2. The third-order valence-electron chi connectivity index (χ3n) is 5.98. The van der Waals surface area contributed by atoms with Crippen LogP contribution in [0.15, 0.2) is 78.9 Å². The molecular weight excluding hydrogens is 522 g/mol. The second-order valence-electron chi connectivity index (χ2n) is 8.45. The van der Waals surface area contributed by atoms with E-state index in [0.717, 1.165) is 28.8 Å². The van der Waals surface area contributed by atoms with Gasteiger partial charge >= 0.3 is 12.1 Å². The van der Waals surface area contributed by atoms with Crippen molar-refractivity contribution in [2.45, 2.75) is 19.6 Å². The molecule has 0 saturated carbocycles. The average Bonchev–Trinajstić information content (AvgIpc) is 2.87. The van der Waals surface area contributed by atoms with Crippen LogP contribution in [0, 0.1) is 6.92 Å². The Bertz CT molecular complexity index is 1450. The maximum atomic E-state index is 13.5. The molecule has 0 spiro atoms. The summed E-state index contributed by atoms with van der Waals surface area (Å²) < 4.78 is 45.1. The summed E-state index contributed by atoms with van der Waals surface area (Å²) in [6.45, 7) is 2.20. The summed E-state index contributed by atoms with van der Waals surface area (Å²) in [5, 5.41) is 4.42. The summed E-state index contributed by atoms with van der Waals surface area (Å²) in [6.07, 6.45) is -4.49. The number of halogens is 5. The smallest absolute Gasteiger partial charge is 0.416 e. The van der Waals surface area contributed by atoms with E-state index in [4.69, 9.17) is 27.9 Å². The quantitative estimate of drug-likeness (QED) is 0.246. The molecule has 37 heavy (non-hydrogen) atoms. The molecule has 0 heterocycles. The third-order valence-corrected chi connectivity index (χ3v) is 6.53. The molecule has 1 N–H and O–H groups in total. The summed E-state index contributed by atoms with van der Waals surface area (Å²) in [7, 11) is 1.27. The zero-order valence-electron chi connectivity index (χ0n) is 19.9. The lowest BCUT2D eigenvalue weighted by Crippen LogP contribution is -2.08. The monoisotopic (exact) mass is 543 g/mol. The number of hydrogen-bond donors (Lipinski definition) is 1. The molecule has 190 valence electrons. The largest absolute Gasteiger partial charge is 0.465 e. The molecule has 0 unspecified atom stereocenters. The molecule has 0 amide bonds. The van der Waals surface area contributed by atoms with Gasteiger partial charge < -0.3 is 10.1 Å². The molecule has 0 bridgehead atoms. The number of hydrogen-bond acceptors (Lipinski definition) is 3. The van der Waals surface area contributed by atoms with Gasteiger partial charge in [0.25, 0.3) is 0 Å². The molecule has 4 aromatic carbocycles. The summed E-state index contributed by atoms with van der Waals surface area (Å²) >= 11 is 12.6. The standard InChI is InChI=1S/C29H22Cl2F3NO2/c1-17-13-22(30)9-11-24(17)25-12-10-23(15-27(25)31)35-16-20-7-8-21(29(32,33)34)14-26(20)18-3-5-19(6-4-18)28(36)37-2/h3-15,35H,16H2,1-2H3. The minimum Gasteiger partial charge on any atom is -0.465 e. The summed E-state index contributed by atoms with van der Waals surface area (Å²) in [5.74, 6) is -0.522. The summed E-state index contributed by atoms with van der Waals surface area (Å²) in [6, 6.07) is 21.0. The number of carbonyl (C=O) groups excluding carboxylic acids is 1. The van der Waals surface area contributed by atoms with E-state index >= 15 is 0 Å². The van der Waals surface area contributed by atoms with E-state index < -0.39 is 17.7 Å². The molecule has 3 nitrogen and oxygen atoms in total. The van der Waals surface area contributed by atoms with Crippen LogP contribution in [-0.2, 0) is 17.5 Å². The molecule has 0 aliphatic carbocycles. The van der Waals surface area contributed by atoms with Crippen LogP contribution in [0.5, 0.6) is 0 Å². The zero-order valence-corrected chi connectivity index (χ0v) is 21.4. The highest BCUT2D eigenvalue weighted by atomic mass is 35.5. The van der Waals surface area contributed by atoms with Crippen molar-refractivity contribution in [3.8, 4) is 22.3 Å². The number of methoxy groups -OCH3 is 1.